The van der Waals surface area contributed by atoms with Gasteiger partial charge in [0.15, 0.2) is 0 Å². The Morgan fingerprint density at radius 2 is 1.36 bits per heavy atom. The molecule has 2 aromatic carbocycles. The zero-order chi connectivity index (χ0) is 20.4. The summed E-state index contributed by atoms with van der Waals surface area (Å²) in [7, 11) is 0. The third-order valence-corrected chi connectivity index (χ3v) is 5.56. The van der Waals surface area contributed by atoms with Gasteiger partial charge in [0.05, 0.1) is 11.4 Å². The predicted octanol–water partition coefficient (Wildman–Crippen LogP) is 6.49. The fourth-order valence-corrected chi connectivity index (χ4v) is 4.01. The van der Waals surface area contributed by atoms with E-state index in [0.717, 1.165) is 6.42 Å². The fourth-order valence-electron chi connectivity index (χ4n) is 4.01. The zero-order valence-corrected chi connectivity index (χ0v) is 18.5. The van der Waals surface area contributed by atoms with E-state index >= 15 is 0 Å². The second-order valence-electron chi connectivity index (χ2n) is 8.60. The topological polar surface area (TPSA) is 8.81 Å². The molecule has 3 aromatic rings. The molecule has 0 atom stereocenters. The number of nitrogens with zero attached hydrogens (tertiary/aromatic N) is 2. The number of rotatable bonds is 6. The Balaban J connectivity index is 2.21. The summed E-state index contributed by atoms with van der Waals surface area (Å²) in [5.41, 5.74) is 8.06. The molecule has 0 aliphatic carbocycles. The lowest BCUT2D eigenvalue weighted by Gasteiger charge is -2.20. The number of aryl methyl sites for hydroxylation is 1. The summed E-state index contributed by atoms with van der Waals surface area (Å²) in [5, 5.41) is 0. The lowest BCUT2D eigenvalue weighted by molar-refractivity contribution is -0.600. The van der Waals surface area contributed by atoms with Gasteiger partial charge in [0, 0.05) is 12.4 Å². The summed E-state index contributed by atoms with van der Waals surface area (Å²) in [5.74, 6) is 1.40. The maximum Gasteiger partial charge on any atom is 0.268 e. The highest BCUT2D eigenvalue weighted by molar-refractivity contribution is 5.50. The van der Waals surface area contributed by atoms with Crippen molar-refractivity contribution >= 4 is 0 Å². The van der Waals surface area contributed by atoms with E-state index in [4.69, 9.17) is 0 Å². The van der Waals surface area contributed by atoms with Crippen LogP contribution in [0.25, 0.3) is 11.4 Å². The molecular formula is C26H34N2. The maximum absolute atomic E-state index is 3.64. The first-order chi connectivity index (χ1) is 13.3. The van der Waals surface area contributed by atoms with Crippen LogP contribution in [0.3, 0.4) is 0 Å². The van der Waals surface area contributed by atoms with Gasteiger partial charge in [-0.15, -0.1) is 0 Å². The molecule has 0 radical (unpaired) electrons. The van der Waals surface area contributed by atoms with Crippen molar-refractivity contribution in [2.24, 2.45) is 0 Å². The summed E-state index contributed by atoms with van der Waals surface area (Å²) in [6.45, 7) is 15.8. The van der Waals surface area contributed by atoms with Crippen LogP contribution in [0, 0.1) is 6.33 Å². The molecule has 0 bridgehead atoms. The Bertz CT molecular complexity index is 919. The van der Waals surface area contributed by atoms with Crippen LogP contribution in [0.2, 0.25) is 0 Å². The van der Waals surface area contributed by atoms with Crippen LogP contribution in [0.15, 0.2) is 48.8 Å². The highest BCUT2D eigenvalue weighted by atomic mass is 15.1. The number of imidazole rings is 1. The van der Waals surface area contributed by atoms with Crippen molar-refractivity contribution in [1.29, 1.82) is 0 Å². The molecular weight excluding hydrogens is 340 g/mol. The summed E-state index contributed by atoms with van der Waals surface area (Å²) < 4.78 is 4.39. The first kappa shape index (κ1) is 20.4. The first-order valence-corrected chi connectivity index (χ1v) is 10.6. The van der Waals surface area contributed by atoms with E-state index in [1.807, 2.05) is 0 Å². The van der Waals surface area contributed by atoms with Gasteiger partial charge in [0.1, 0.15) is 0 Å². The lowest BCUT2D eigenvalue weighted by Crippen LogP contribution is -2.32. The molecule has 0 aliphatic rings. The minimum Gasteiger partial charge on any atom is -0.298 e. The molecule has 0 amide bonds. The Morgan fingerprint density at radius 3 is 1.89 bits per heavy atom. The van der Waals surface area contributed by atoms with E-state index in [9.17, 15) is 0 Å². The molecule has 148 valence electrons. The third-order valence-electron chi connectivity index (χ3n) is 5.56. The standard InChI is InChI=1S/C26H34N2/c1-8-21-11-9-12-22(18(2)3)25(21)27-15-16-28(17-27)26-23(19(4)5)13-10-14-24(26)20(6)7/h9-16,18-20H,8H2,1-7H3. The van der Waals surface area contributed by atoms with E-state index < -0.39 is 0 Å². The van der Waals surface area contributed by atoms with Crippen LogP contribution >= 0.6 is 0 Å². The summed E-state index contributed by atoms with van der Waals surface area (Å²) in [6.07, 6.45) is 8.97. The summed E-state index contributed by atoms with van der Waals surface area (Å²) >= 11 is 0. The van der Waals surface area contributed by atoms with Gasteiger partial charge in [-0.2, -0.15) is 0 Å². The van der Waals surface area contributed by atoms with Crippen molar-refractivity contribution in [3.05, 3.63) is 77.4 Å². The number of aromatic nitrogens is 2. The quantitative estimate of drug-likeness (QED) is 0.344. The molecule has 1 heterocycles. The van der Waals surface area contributed by atoms with Gasteiger partial charge in [-0.05, 0) is 46.4 Å². The van der Waals surface area contributed by atoms with Gasteiger partial charge in [-0.25, -0.2) is 0 Å². The van der Waals surface area contributed by atoms with Crippen molar-refractivity contribution in [3.63, 3.8) is 0 Å². The van der Waals surface area contributed by atoms with Gasteiger partial charge < -0.3 is 0 Å². The molecule has 0 saturated carbocycles. The minimum atomic E-state index is 0.465. The van der Waals surface area contributed by atoms with E-state index in [1.165, 1.54) is 33.6 Å². The van der Waals surface area contributed by atoms with Crippen LogP contribution in [-0.2, 0) is 6.42 Å². The summed E-state index contributed by atoms with van der Waals surface area (Å²) in [6, 6.07) is 13.4. The molecule has 0 spiro atoms. The molecule has 0 aliphatic heterocycles. The molecule has 2 heteroatoms. The second kappa shape index (κ2) is 8.34. The maximum atomic E-state index is 3.64. The van der Waals surface area contributed by atoms with Crippen molar-refractivity contribution < 1.29 is 4.57 Å². The number of hydrogen-bond acceptors (Lipinski definition) is 0. The molecule has 0 unspecified atom stereocenters. The molecule has 2 nitrogen and oxygen atoms in total. The Labute approximate surface area is 170 Å². The second-order valence-corrected chi connectivity index (χ2v) is 8.60. The summed E-state index contributed by atoms with van der Waals surface area (Å²) in [4.78, 5) is 0. The van der Waals surface area contributed by atoms with Crippen LogP contribution in [-0.4, -0.2) is 4.57 Å². The van der Waals surface area contributed by atoms with Gasteiger partial charge >= 0.3 is 0 Å². The predicted molar refractivity (Wildman–Crippen MR) is 118 cm³/mol. The molecule has 0 N–H and O–H groups in total. The van der Waals surface area contributed by atoms with Crippen LogP contribution < -0.4 is 4.57 Å². The van der Waals surface area contributed by atoms with E-state index in [0.29, 0.717) is 17.8 Å². The average molecular weight is 375 g/mol. The normalized spacial score (nSPS) is 11.8. The van der Waals surface area contributed by atoms with Gasteiger partial charge in [0.2, 0.25) is 0 Å². The molecule has 0 saturated heterocycles. The van der Waals surface area contributed by atoms with Gasteiger partial charge in [-0.3, -0.25) is 9.13 Å². The highest BCUT2D eigenvalue weighted by Crippen LogP contribution is 2.29. The number of benzene rings is 2. The van der Waals surface area contributed by atoms with Crippen molar-refractivity contribution in [1.82, 2.24) is 4.57 Å². The molecule has 28 heavy (non-hydrogen) atoms. The monoisotopic (exact) mass is 374 g/mol. The fraction of sp³-hybridized carbons (Fsp3) is 0.423. The van der Waals surface area contributed by atoms with Crippen LogP contribution in [0.1, 0.15) is 88.5 Å². The van der Waals surface area contributed by atoms with Crippen LogP contribution in [0.4, 0.5) is 0 Å². The zero-order valence-electron chi connectivity index (χ0n) is 18.5. The smallest absolute Gasteiger partial charge is 0.268 e. The Morgan fingerprint density at radius 1 is 0.821 bits per heavy atom. The number of para-hydroxylation sites is 2. The average Bonchev–Trinajstić information content (AvgIpc) is 3.15. The van der Waals surface area contributed by atoms with E-state index in [-0.39, 0.29) is 0 Å². The number of hydrogen-bond donors (Lipinski definition) is 0. The largest absolute Gasteiger partial charge is 0.298 e. The SMILES string of the molecule is CCc1cccc(C(C)C)c1-n1[c-][n+](-c2c(C(C)C)cccc2C(C)C)cc1. The van der Waals surface area contributed by atoms with E-state index in [1.54, 1.807) is 0 Å². The Kier molecular flexibility index (Phi) is 6.07. The first-order valence-electron chi connectivity index (χ1n) is 10.6. The third kappa shape index (κ3) is 3.78. The van der Waals surface area contributed by atoms with Crippen molar-refractivity contribution in [2.75, 3.05) is 0 Å². The molecule has 1 aromatic heterocycles. The van der Waals surface area contributed by atoms with Crippen molar-refractivity contribution in [3.8, 4) is 11.4 Å². The van der Waals surface area contributed by atoms with E-state index in [2.05, 4.69) is 113 Å². The van der Waals surface area contributed by atoms with Crippen LogP contribution in [0.5, 0.6) is 0 Å². The van der Waals surface area contributed by atoms with Crippen molar-refractivity contribution in [2.45, 2.75) is 72.6 Å². The molecule has 0 fully saturated rings. The highest BCUT2D eigenvalue weighted by Gasteiger charge is 2.18. The van der Waals surface area contributed by atoms with Gasteiger partial charge in [0.25, 0.3) is 6.33 Å². The Hall–Kier alpha value is -2.35. The molecule has 3 rings (SSSR count). The minimum absolute atomic E-state index is 0.465. The van der Waals surface area contributed by atoms with Gasteiger partial charge in [-0.1, -0.05) is 84.9 Å². The lowest BCUT2D eigenvalue weighted by atomic mass is 9.92.